The molecule has 17 heavy (non-hydrogen) atoms. The Morgan fingerprint density at radius 1 is 1.18 bits per heavy atom. The highest BCUT2D eigenvalue weighted by Gasteiger charge is 2.15. The van der Waals surface area contributed by atoms with Gasteiger partial charge in [0.2, 0.25) is 0 Å². The lowest BCUT2D eigenvalue weighted by Gasteiger charge is -2.15. The molecule has 2 rings (SSSR count). The van der Waals surface area contributed by atoms with Gasteiger partial charge in [0.15, 0.2) is 0 Å². The van der Waals surface area contributed by atoms with Crippen LogP contribution < -0.4 is 0 Å². The molecule has 1 atom stereocenters. The van der Waals surface area contributed by atoms with Gasteiger partial charge in [-0.15, -0.1) is 0 Å². The zero-order chi connectivity index (χ0) is 12.4. The van der Waals surface area contributed by atoms with E-state index in [2.05, 4.69) is 36.8 Å². The number of aliphatic hydroxyl groups excluding tert-OH is 1. The molecule has 0 radical (unpaired) electrons. The van der Waals surface area contributed by atoms with Gasteiger partial charge >= 0.3 is 0 Å². The van der Waals surface area contributed by atoms with E-state index in [9.17, 15) is 5.11 Å². The number of benzene rings is 1. The molecule has 0 aliphatic rings. The first kappa shape index (κ1) is 12.7. The Bertz CT molecular complexity index is 543. The summed E-state index contributed by atoms with van der Waals surface area (Å²) in [6.07, 6.45) is 2.77. The first-order valence-electron chi connectivity index (χ1n) is 5.13. The normalized spacial score (nSPS) is 12.5. The van der Waals surface area contributed by atoms with Gasteiger partial charge in [0.05, 0.1) is 0 Å². The van der Waals surface area contributed by atoms with E-state index in [-0.39, 0.29) is 0 Å². The van der Waals surface area contributed by atoms with Crippen LogP contribution in [0.25, 0.3) is 0 Å². The summed E-state index contributed by atoms with van der Waals surface area (Å²) in [6, 6.07) is 7.62. The van der Waals surface area contributed by atoms with E-state index in [0.717, 1.165) is 25.6 Å². The van der Waals surface area contributed by atoms with Crippen molar-refractivity contribution in [3.8, 4) is 0 Å². The van der Waals surface area contributed by atoms with Crippen molar-refractivity contribution in [3.05, 3.63) is 62.3 Å². The lowest BCUT2D eigenvalue weighted by Crippen LogP contribution is -2.03. The maximum absolute atomic E-state index is 10.4. The molecule has 0 aliphatic carbocycles. The van der Waals surface area contributed by atoms with E-state index in [1.165, 1.54) is 0 Å². The van der Waals surface area contributed by atoms with Crippen LogP contribution >= 0.6 is 31.9 Å². The highest BCUT2D eigenvalue weighted by atomic mass is 79.9. The van der Waals surface area contributed by atoms with Crippen LogP contribution in [-0.4, -0.2) is 10.1 Å². The molecule has 0 bridgehead atoms. The minimum Gasteiger partial charge on any atom is -0.384 e. The summed E-state index contributed by atoms with van der Waals surface area (Å²) < 4.78 is 1.85. The Morgan fingerprint density at radius 2 is 1.94 bits per heavy atom. The fourth-order valence-corrected chi connectivity index (χ4v) is 2.92. The lowest BCUT2D eigenvalue weighted by molar-refractivity contribution is 0.218. The van der Waals surface area contributed by atoms with Crippen molar-refractivity contribution in [1.82, 2.24) is 4.98 Å². The predicted octanol–water partition coefficient (Wildman–Crippen LogP) is 4.00. The molecule has 0 spiro atoms. The van der Waals surface area contributed by atoms with Crippen LogP contribution in [0.3, 0.4) is 0 Å². The van der Waals surface area contributed by atoms with Gasteiger partial charge in [0, 0.05) is 26.9 Å². The third-order valence-electron chi connectivity index (χ3n) is 2.63. The SMILES string of the molecule is Cc1ccncc1C(O)c1ccc(Br)cc1Br. The van der Waals surface area contributed by atoms with Gasteiger partial charge in [-0.3, -0.25) is 4.98 Å². The summed E-state index contributed by atoms with van der Waals surface area (Å²) in [5.41, 5.74) is 2.70. The molecule has 0 amide bonds. The van der Waals surface area contributed by atoms with Crippen LogP contribution in [0, 0.1) is 6.92 Å². The topological polar surface area (TPSA) is 33.1 Å². The molecule has 0 fully saturated rings. The minimum atomic E-state index is -0.661. The Hall–Kier alpha value is -0.710. The second-order valence-electron chi connectivity index (χ2n) is 3.80. The smallest absolute Gasteiger partial charge is 0.107 e. The molecule has 1 unspecified atom stereocenters. The second kappa shape index (κ2) is 5.29. The van der Waals surface area contributed by atoms with E-state index in [4.69, 9.17) is 0 Å². The number of rotatable bonds is 2. The van der Waals surface area contributed by atoms with Crippen LogP contribution in [-0.2, 0) is 0 Å². The van der Waals surface area contributed by atoms with Crippen LogP contribution in [0.2, 0.25) is 0 Å². The van der Waals surface area contributed by atoms with Crippen LogP contribution in [0.4, 0.5) is 0 Å². The van der Waals surface area contributed by atoms with Gasteiger partial charge in [-0.25, -0.2) is 0 Å². The molecule has 1 aromatic carbocycles. The van der Waals surface area contributed by atoms with Crippen molar-refractivity contribution in [2.45, 2.75) is 13.0 Å². The van der Waals surface area contributed by atoms with Crippen molar-refractivity contribution in [3.63, 3.8) is 0 Å². The van der Waals surface area contributed by atoms with Gasteiger partial charge in [0.25, 0.3) is 0 Å². The number of aromatic nitrogens is 1. The van der Waals surface area contributed by atoms with E-state index >= 15 is 0 Å². The fourth-order valence-electron chi connectivity index (χ4n) is 1.65. The zero-order valence-corrected chi connectivity index (χ0v) is 12.4. The minimum absolute atomic E-state index is 0.661. The van der Waals surface area contributed by atoms with Crippen molar-refractivity contribution in [2.24, 2.45) is 0 Å². The molecular formula is C13H11Br2NO. The third kappa shape index (κ3) is 2.76. The molecule has 1 N–H and O–H groups in total. The summed E-state index contributed by atoms with van der Waals surface area (Å²) in [4.78, 5) is 4.05. The monoisotopic (exact) mass is 355 g/mol. The van der Waals surface area contributed by atoms with E-state index in [1.54, 1.807) is 12.4 Å². The molecule has 1 aromatic heterocycles. The van der Waals surface area contributed by atoms with E-state index < -0.39 is 6.10 Å². The Balaban J connectivity index is 2.44. The van der Waals surface area contributed by atoms with Crippen molar-refractivity contribution in [1.29, 1.82) is 0 Å². The summed E-state index contributed by atoms with van der Waals surface area (Å²) in [7, 11) is 0. The summed E-state index contributed by atoms with van der Waals surface area (Å²) in [5.74, 6) is 0. The summed E-state index contributed by atoms with van der Waals surface area (Å²) >= 11 is 6.85. The maximum atomic E-state index is 10.4. The Morgan fingerprint density at radius 3 is 2.59 bits per heavy atom. The fraction of sp³-hybridized carbons (Fsp3) is 0.154. The molecule has 2 aromatic rings. The number of hydrogen-bond donors (Lipinski definition) is 1. The van der Waals surface area contributed by atoms with Gasteiger partial charge < -0.3 is 5.11 Å². The average molecular weight is 357 g/mol. The van der Waals surface area contributed by atoms with Crippen molar-refractivity contribution in [2.75, 3.05) is 0 Å². The highest BCUT2D eigenvalue weighted by molar-refractivity contribution is 9.11. The number of halogens is 2. The Kier molecular flexibility index (Phi) is 3.97. The van der Waals surface area contributed by atoms with Gasteiger partial charge in [-0.2, -0.15) is 0 Å². The first-order valence-corrected chi connectivity index (χ1v) is 6.71. The third-order valence-corrected chi connectivity index (χ3v) is 3.81. The van der Waals surface area contributed by atoms with Crippen molar-refractivity contribution < 1.29 is 5.11 Å². The largest absolute Gasteiger partial charge is 0.384 e. The molecule has 88 valence electrons. The second-order valence-corrected chi connectivity index (χ2v) is 5.57. The number of aliphatic hydroxyl groups is 1. The molecule has 4 heteroatoms. The average Bonchev–Trinajstić information content (AvgIpc) is 2.29. The van der Waals surface area contributed by atoms with Gasteiger partial charge in [0.1, 0.15) is 6.10 Å². The molecular weight excluding hydrogens is 346 g/mol. The zero-order valence-electron chi connectivity index (χ0n) is 9.19. The van der Waals surface area contributed by atoms with Crippen LogP contribution in [0.5, 0.6) is 0 Å². The Labute approximate surface area is 117 Å². The lowest BCUT2D eigenvalue weighted by atomic mass is 10.00. The highest BCUT2D eigenvalue weighted by Crippen LogP contribution is 2.31. The van der Waals surface area contributed by atoms with Crippen LogP contribution in [0.15, 0.2) is 45.6 Å². The predicted molar refractivity (Wildman–Crippen MR) is 74.9 cm³/mol. The molecule has 0 aliphatic heterocycles. The van der Waals surface area contributed by atoms with E-state index in [0.29, 0.717) is 0 Å². The number of pyridine rings is 1. The molecule has 2 nitrogen and oxygen atoms in total. The van der Waals surface area contributed by atoms with Crippen LogP contribution in [0.1, 0.15) is 22.8 Å². The number of nitrogens with zero attached hydrogens (tertiary/aromatic N) is 1. The molecule has 1 heterocycles. The summed E-state index contributed by atoms with van der Waals surface area (Å²) in [6.45, 7) is 1.97. The summed E-state index contributed by atoms with van der Waals surface area (Å²) in [5, 5.41) is 10.4. The van der Waals surface area contributed by atoms with E-state index in [1.807, 2.05) is 31.2 Å². The first-order chi connectivity index (χ1) is 8.09. The number of hydrogen-bond acceptors (Lipinski definition) is 2. The maximum Gasteiger partial charge on any atom is 0.107 e. The van der Waals surface area contributed by atoms with Gasteiger partial charge in [-0.1, -0.05) is 37.9 Å². The standard InChI is InChI=1S/C13H11Br2NO/c1-8-4-5-16-7-11(8)13(17)10-3-2-9(14)6-12(10)15/h2-7,13,17H,1H3. The van der Waals surface area contributed by atoms with Crippen molar-refractivity contribution >= 4 is 31.9 Å². The van der Waals surface area contributed by atoms with Gasteiger partial charge in [-0.05, 0) is 36.2 Å². The molecule has 0 saturated carbocycles. The molecule has 0 saturated heterocycles. The number of aryl methyl sites for hydroxylation is 1. The quantitative estimate of drug-likeness (QED) is 0.882.